The van der Waals surface area contributed by atoms with E-state index in [0.29, 0.717) is 6.54 Å². The maximum atomic E-state index is 11.4. The van der Waals surface area contributed by atoms with Gasteiger partial charge in [-0.3, -0.25) is 0 Å². The first-order chi connectivity index (χ1) is 9.09. The molecule has 0 saturated heterocycles. The molecular weight excluding hydrogens is 400 g/mol. The van der Waals surface area contributed by atoms with Crippen LogP contribution in [0, 0.1) is 0 Å². The van der Waals surface area contributed by atoms with Gasteiger partial charge in [0.05, 0.1) is 0 Å². The number of hydrogen-bond donors (Lipinski definition) is 0. The molecule has 0 N–H and O–H groups in total. The molecule has 1 atom stereocenters. The van der Waals surface area contributed by atoms with E-state index in [1.807, 2.05) is 14.1 Å². The van der Waals surface area contributed by atoms with Crippen LogP contribution in [0.25, 0.3) is 0 Å². The molecule has 120 valence electrons. The van der Waals surface area contributed by atoms with Gasteiger partial charge in [-0.15, -0.1) is 0 Å². The third kappa shape index (κ3) is 9.84. The van der Waals surface area contributed by atoms with Crippen molar-refractivity contribution in [2.75, 3.05) is 45.4 Å². The zero-order valence-corrected chi connectivity index (χ0v) is 15.3. The van der Waals surface area contributed by atoms with Crippen LogP contribution < -0.4 is 26.4 Å². The van der Waals surface area contributed by atoms with Crippen LogP contribution >= 0.6 is 7.82 Å². The van der Waals surface area contributed by atoms with Gasteiger partial charge in [-0.2, -0.15) is 0 Å². The first-order valence-corrected chi connectivity index (χ1v) is 10.4. The van der Waals surface area contributed by atoms with Gasteiger partial charge in [0.25, 0.3) is 0 Å². The van der Waals surface area contributed by atoms with Gasteiger partial charge >= 0.3 is 130 Å². The number of quaternary nitrogens is 1. The molecule has 7 nitrogen and oxygen atoms in total. The number of nitrogens with zero attached hydrogens (tertiary/aromatic N) is 1. The summed E-state index contributed by atoms with van der Waals surface area (Å²) in [6.07, 6.45) is 0. The van der Waals surface area contributed by atoms with Crippen LogP contribution in [0.2, 0.25) is 0 Å². The second-order valence-corrected chi connectivity index (χ2v) is 9.45. The van der Waals surface area contributed by atoms with Crippen molar-refractivity contribution in [2.45, 2.75) is 6.92 Å². The molecule has 0 aromatic rings. The normalized spacial score (nSPS) is 14.8. The molecule has 0 bridgehead atoms. The second-order valence-electron chi connectivity index (χ2n) is 4.46. The van der Waals surface area contributed by atoms with Crippen molar-refractivity contribution in [1.82, 2.24) is 0 Å². The molecule has 0 amide bonds. The number of phosphoric acid groups is 1. The summed E-state index contributed by atoms with van der Waals surface area (Å²) < 4.78 is 26.2. The minimum atomic E-state index is -4.33. The molecule has 0 aliphatic heterocycles. The number of carbonyl (C=O) groups is 1. The molecule has 0 rings (SSSR count). The summed E-state index contributed by atoms with van der Waals surface area (Å²) in [5, 5.41) is 0. The van der Waals surface area contributed by atoms with Gasteiger partial charge < -0.3 is 0 Å². The van der Waals surface area contributed by atoms with Gasteiger partial charge in [0.15, 0.2) is 0 Å². The molecule has 0 aromatic heterocycles. The topological polar surface area (TPSA) is 84.9 Å². The standard InChI is InChI=1S/C11H23INO6P/c1-10(2)11(14)17-8-9-19-20(15,16)18-7-6-13(4,5)12-3/h1,6-9H2,2-5H3,(H,15,16)/p-1. The summed E-state index contributed by atoms with van der Waals surface area (Å²) >= 11 is -0.0573. The molecule has 0 fully saturated rings. The monoisotopic (exact) mass is 422 g/mol. The molecule has 1 unspecified atom stereocenters. The van der Waals surface area contributed by atoms with E-state index in [0.717, 1.165) is 2.70 Å². The summed E-state index contributed by atoms with van der Waals surface area (Å²) in [6, 6.07) is 0. The van der Waals surface area contributed by atoms with Gasteiger partial charge in [-0.05, 0) is 0 Å². The van der Waals surface area contributed by atoms with Crippen molar-refractivity contribution >= 4 is 13.8 Å². The van der Waals surface area contributed by atoms with Crippen molar-refractivity contribution in [3.8, 4) is 0 Å². The number of likely N-dealkylation sites (N-methyl/N-ethyl adjacent to an activating group) is 1. The number of rotatable bonds is 10. The Morgan fingerprint density at radius 3 is 2.35 bits per heavy atom. The van der Waals surface area contributed by atoms with Crippen molar-refractivity contribution in [3.63, 3.8) is 0 Å². The third-order valence-electron chi connectivity index (χ3n) is 2.24. The number of ether oxygens (including phenoxy) is 1. The summed E-state index contributed by atoms with van der Waals surface area (Å²) in [7, 11) is -0.298. The summed E-state index contributed by atoms with van der Waals surface area (Å²) in [5.41, 5.74) is 0.245. The Kier molecular flexibility index (Phi) is 9.12. The molecule has 0 radical (unpaired) electrons. The molecule has 0 aliphatic rings. The first kappa shape index (κ1) is 20.0. The number of esters is 1. The van der Waals surface area contributed by atoms with Crippen LogP contribution in [0.5, 0.6) is 0 Å². The fraction of sp³-hybridized carbons (Fsp3) is 0.727. The van der Waals surface area contributed by atoms with Crippen LogP contribution in [0.15, 0.2) is 12.2 Å². The molecular formula is C11H22INO6P-. The quantitative estimate of drug-likeness (QED) is 0.0726. The van der Waals surface area contributed by atoms with Crippen LogP contribution in [0.1, 0.15) is 6.92 Å². The van der Waals surface area contributed by atoms with Crippen LogP contribution in [0.3, 0.4) is 0 Å². The van der Waals surface area contributed by atoms with Gasteiger partial charge in [0.2, 0.25) is 0 Å². The zero-order valence-electron chi connectivity index (χ0n) is 12.3. The number of alkyl halides is 1. The Labute approximate surface area is 130 Å². The Morgan fingerprint density at radius 2 is 1.85 bits per heavy atom. The van der Waals surface area contributed by atoms with E-state index in [1.165, 1.54) is 6.92 Å². The number of carbonyl (C=O) groups excluding carboxylic acids is 1. The summed E-state index contributed by atoms with van der Waals surface area (Å²) in [6.45, 7) is 5.15. The average molecular weight is 422 g/mol. The second kappa shape index (κ2) is 9.11. The van der Waals surface area contributed by atoms with E-state index in [2.05, 4.69) is 16.0 Å². The predicted molar refractivity (Wildman–Crippen MR) is 68.2 cm³/mol. The van der Waals surface area contributed by atoms with E-state index in [4.69, 9.17) is 9.26 Å². The Bertz CT molecular complexity index is 387. The van der Waals surface area contributed by atoms with Gasteiger partial charge in [0.1, 0.15) is 0 Å². The summed E-state index contributed by atoms with van der Waals surface area (Å²) in [5.74, 6) is -0.582. The van der Waals surface area contributed by atoms with E-state index in [1.54, 1.807) is 0 Å². The molecule has 20 heavy (non-hydrogen) atoms. The van der Waals surface area contributed by atoms with Crippen molar-refractivity contribution in [2.24, 2.45) is 0 Å². The number of halogens is 1. The van der Waals surface area contributed by atoms with E-state index in [-0.39, 0.29) is 46.9 Å². The summed E-state index contributed by atoms with van der Waals surface area (Å²) in [4.78, 5) is 24.6. The minimum absolute atomic E-state index is 0.0573. The van der Waals surface area contributed by atoms with Crippen molar-refractivity contribution < 1.29 is 52.2 Å². The zero-order chi connectivity index (χ0) is 15.8. The maximum absolute atomic E-state index is 11.4. The SMILES string of the molecule is C=C(C)C(=O)OCCOP(=O)([O-])OCC[N+](C)(C)[I-]C. The molecule has 0 heterocycles. The molecule has 0 aromatic carbocycles. The van der Waals surface area contributed by atoms with Crippen molar-refractivity contribution in [1.29, 1.82) is 0 Å². The fourth-order valence-corrected chi connectivity index (χ4v) is 2.26. The van der Waals surface area contributed by atoms with E-state index >= 15 is 0 Å². The van der Waals surface area contributed by atoms with E-state index < -0.39 is 13.8 Å². The molecule has 0 saturated carbocycles. The predicted octanol–water partition coefficient (Wildman–Crippen LogP) is -2.68. The van der Waals surface area contributed by atoms with Crippen molar-refractivity contribution in [3.05, 3.63) is 12.2 Å². The van der Waals surface area contributed by atoms with Gasteiger partial charge in [-0.25, -0.2) is 0 Å². The Morgan fingerprint density at radius 1 is 1.30 bits per heavy atom. The molecule has 0 aliphatic carbocycles. The first-order valence-electron chi connectivity index (χ1n) is 5.87. The Balaban J connectivity index is 3.88. The number of hydrogen-bond acceptors (Lipinski definition) is 6. The van der Waals surface area contributed by atoms with Crippen LogP contribution in [0.4, 0.5) is 0 Å². The average Bonchev–Trinajstić information content (AvgIpc) is 2.33. The van der Waals surface area contributed by atoms with Gasteiger partial charge in [0, 0.05) is 0 Å². The van der Waals surface area contributed by atoms with Crippen LogP contribution in [-0.4, -0.2) is 54.1 Å². The van der Waals surface area contributed by atoms with E-state index in [9.17, 15) is 14.3 Å². The molecule has 9 heteroatoms. The Hall–Kier alpha value is 0.01000. The molecule has 0 spiro atoms. The third-order valence-corrected chi connectivity index (χ3v) is 6.34. The van der Waals surface area contributed by atoms with Gasteiger partial charge in [-0.1, -0.05) is 0 Å². The van der Waals surface area contributed by atoms with Crippen LogP contribution in [-0.2, 0) is 23.1 Å². The number of phosphoric ester groups is 1. The fourth-order valence-electron chi connectivity index (χ4n) is 0.898.